The third kappa shape index (κ3) is 2.94. The fourth-order valence-corrected chi connectivity index (χ4v) is 3.18. The van der Waals surface area contributed by atoms with Crippen molar-refractivity contribution in [2.75, 3.05) is 0 Å². The van der Waals surface area contributed by atoms with Gasteiger partial charge < -0.3 is 5.11 Å². The number of aromatic carboxylic acids is 1. The van der Waals surface area contributed by atoms with Gasteiger partial charge in [0.1, 0.15) is 5.65 Å². The van der Waals surface area contributed by atoms with Gasteiger partial charge in [-0.1, -0.05) is 18.2 Å². The Morgan fingerprint density at radius 3 is 2.48 bits per heavy atom. The quantitative estimate of drug-likeness (QED) is 0.586. The fourth-order valence-electron chi connectivity index (χ4n) is 3.18. The standard InChI is InChI=1S/C22H15N3O2/c1-14-10-15(11-23)2-8-19(14)20-12-24-21-9-7-18(13-25(20)21)16-3-5-17(6-4-16)22(26)27/h2-10,12-13H,1H3,(H,26,27). The van der Waals surface area contributed by atoms with E-state index in [1.807, 2.05) is 48.0 Å². The van der Waals surface area contributed by atoms with Crippen LogP contribution in [0.1, 0.15) is 21.5 Å². The molecular weight excluding hydrogens is 338 g/mol. The number of rotatable bonds is 3. The first-order valence-electron chi connectivity index (χ1n) is 8.39. The van der Waals surface area contributed by atoms with Crippen molar-refractivity contribution < 1.29 is 9.90 Å². The van der Waals surface area contributed by atoms with E-state index < -0.39 is 5.97 Å². The lowest BCUT2D eigenvalue weighted by Gasteiger charge is -2.08. The van der Waals surface area contributed by atoms with Crippen molar-refractivity contribution in [1.29, 1.82) is 5.26 Å². The van der Waals surface area contributed by atoms with Crippen LogP contribution in [0.5, 0.6) is 0 Å². The summed E-state index contributed by atoms with van der Waals surface area (Å²) >= 11 is 0. The monoisotopic (exact) mass is 353 g/mol. The smallest absolute Gasteiger partial charge is 0.335 e. The van der Waals surface area contributed by atoms with E-state index in [1.165, 1.54) is 0 Å². The predicted molar refractivity (Wildman–Crippen MR) is 102 cm³/mol. The van der Waals surface area contributed by atoms with E-state index in [0.29, 0.717) is 5.56 Å². The van der Waals surface area contributed by atoms with Crippen LogP contribution in [0.25, 0.3) is 28.0 Å². The van der Waals surface area contributed by atoms with E-state index >= 15 is 0 Å². The topological polar surface area (TPSA) is 78.4 Å². The molecule has 0 saturated heterocycles. The Morgan fingerprint density at radius 1 is 1.07 bits per heavy atom. The number of pyridine rings is 1. The first-order valence-corrected chi connectivity index (χ1v) is 8.39. The Hall–Kier alpha value is -3.91. The van der Waals surface area contributed by atoms with Gasteiger partial charge in [0.05, 0.1) is 29.1 Å². The van der Waals surface area contributed by atoms with Gasteiger partial charge in [-0.3, -0.25) is 4.40 Å². The summed E-state index contributed by atoms with van der Waals surface area (Å²) in [7, 11) is 0. The lowest BCUT2D eigenvalue weighted by atomic mass is 10.0. The van der Waals surface area contributed by atoms with Crippen LogP contribution in [0.3, 0.4) is 0 Å². The maximum atomic E-state index is 11.0. The Kier molecular flexibility index (Phi) is 3.94. The predicted octanol–water partition coefficient (Wildman–Crippen LogP) is 4.55. The zero-order valence-corrected chi connectivity index (χ0v) is 14.5. The van der Waals surface area contributed by atoms with E-state index in [4.69, 9.17) is 10.4 Å². The Labute approximate surface area is 155 Å². The van der Waals surface area contributed by atoms with Gasteiger partial charge in [-0.05, 0) is 60.0 Å². The van der Waals surface area contributed by atoms with Crippen LogP contribution in [0.15, 0.2) is 67.0 Å². The molecule has 0 aliphatic rings. The van der Waals surface area contributed by atoms with E-state index in [9.17, 15) is 4.79 Å². The van der Waals surface area contributed by atoms with Crippen LogP contribution >= 0.6 is 0 Å². The molecule has 5 nitrogen and oxygen atoms in total. The first-order chi connectivity index (χ1) is 13.1. The second-order valence-electron chi connectivity index (χ2n) is 6.31. The molecule has 0 unspecified atom stereocenters. The SMILES string of the molecule is Cc1cc(C#N)ccc1-c1cnc2ccc(-c3ccc(C(=O)O)cc3)cn12. The Bertz CT molecular complexity index is 1210. The summed E-state index contributed by atoms with van der Waals surface area (Å²) in [5.74, 6) is -0.940. The van der Waals surface area contributed by atoms with E-state index in [2.05, 4.69) is 11.1 Å². The van der Waals surface area contributed by atoms with Crippen LogP contribution in [0.4, 0.5) is 0 Å². The number of carboxylic acids is 1. The number of aromatic nitrogens is 2. The molecule has 1 N–H and O–H groups in total. The van der Waals surface area contributed by atoms with Crippen molar-refractivity contribution in [1.82, 2.24) is 9.38 Å². The Balaban J connectivity index is 1.82. The molecule has 0 saturated carbocycles. The fraction of sp³-hybridized carbons (Fsp3) is 0.0455. The van der Waals surface area contributed by atoms with Crippen molar-refractivity contribution in [3.8, 4) is 28.5 Å². The average molecular weight is 353 g/mol. The molecule has 0 amide bonds. The molecule has 130 valence electrons. The highest BCUT2D eigenvalue weighted by Crippen LogP contribution is 2.28. The van der Waals surface area contributed by atoms with Gasteiger partial charge in [-0.25, -0.2) is 9.78 Å². The number of carboxylic acid groups (broad SMARTS) is 1. The number of imidazole rings is 1. The number of fused-ring (bicyclic) bond motifs is 1. The normalized spacial score (nSPS) is 10.7. The molecule has 4 aromatic rings. The van der Waals surface area contributed by atoms with Crippen LogP contribution in [-0.2, 0) is 0 Å². The largest absolute Gasteiger partial charge is 0.478 e. The van der Waals surface area contributed by atoms with Gasteiger partial charge in [0, 0.05) is 11.8 Å². The third-order valence-corrected chi connectivity index (χ3v) is 4.60. The number of nitrogens with zero attached hydrogens (tertiary/aromatic N) is 3. The number of hydrogen-bond donors (Lipinski definition) is 1. The molecule has 2 aromatic carbocycles. The molecule has 2 aromatic heterocycles. The second-order valence-corrected chi connectivity index (χ2v) is 6.31. The lowest BCUT2D eigenvalue weighted by molar-refractivity contribution is 0.0697. The second kappa shape index (κ2) is 6.43. The zero-order chi connectivity index (χ0) is 19.0. The van der Waals surface area contributed by atoms with Crippen LogP contribution in [-0.4, -0.2) is 20.5 Å². The maximum Gasteiger partial charge on any atom is 0.335 e. The number of carbonyl (C=O) groups is 1. The average Bonchev–Trinajstić information content (AvgIpc) is 3.11. The first kappa shape index (κ1) is 16.6. The molecule has 4 rings (SSSR count). The van der Waals surface area contributed by atoms with Crippen molar-refractivity contribution in [3.05, 3.63) is 83.7 Å². The van der Waals surface area contributed by atoms with E-state index in [1.54, 1.807) is 30.3 Å². The summed E-state index contributed by atoms with van der Waals surface area (Å²) in [4.78, 5) is 15.5. The van der Waals surface area contributed by atoms with Crippen molar-refractivity contribution in [3.63, 3.8) is 0 Å². The number of nitriles is 1. The number of benzene rings is 2. The van der Waals surface area contributed by atoms with Crippen molar-refractivity contribution >= 4 is 11.6 Å². The third-order valence-electron chi connectivity index (χ3n) is 4.60. The van der Waals surface area contributed by atoms with Gasteiger partial charge in [0.15, 0.2) is 0 Å². The van der Waals surface area contributed by atoms with Crippen LogP contribution < -0.4 is 0 Å². The highest BCUT2D eigenvalue weighted by atomic mass is 16.4. The summed E-state index contributed by atoms with van der Waals surface area (Å²) in [5, 5.41) is 18.1. The highest BCUT2D eigenvalue weighted by molar-refractivity contribution is 5.88. The molecule has 27 heavy (non-hydrogen) atoms. The van der Waals surface area contributed by atoms with Crippen LogP contribution in [0, 0.1) is 18.3 Å². The van der Waals surface area contributed by atoms with Gasteiger partial charge in [0.2, 0.25) is 0 Å². The molecule has 0 atom stereocenters. The molecule has 2 heterocycles. The molecule has 0 spiro atoms. The molecule has 5 heteroatoms. The molecule has 0 aliphatic heterocycles. The summed E-state index contributed by atoms with van der Waals surface area (Å²) in [6.45, 7) is 1.98. The number of aryl methyl sites for hydroxylation is 1. The molecular formula is C22H15N3O2. The van der Waals surface area contributed by atoms with E-state index in [-0.39, 0.29) is 5.56 Å². The maximum absolute atomic E-state index is 11.0. The molecule has 0 aliphatic carbocycles. The highest BCUT2D eigenvalue weighted by Gasteiger charge is 2.11. The number of hydrogen-bond acceptors (Lipinski definition) is 3. The van der Waals surface area contributed by atoms with Gasteiger partial charge >= 0.3 is 5.97 Å². The zero-order valence-electron chi connectivity index (χ0n) is 14.5. The molecule has 0 bridgehead atoms. The van der Waals surface area contributed by atoms with Gasteiger partial charge in [-0.2, -0.15) is 5.26 Å². The van der Waals surface area contributed by atoms with Crippen molar-refractivity contribution in [2.45, 2.75) is 6.92 Å². The van der Waals surface area contributed by atoms with E-state index in [0.717, 1.165) is 33.6 Å². The summed E-state index contributed by atoms with van der Waals surface area (Å²) in [6, 6.07) is 18.5. The lowest BCUT2D eigenvalue weighted by Crippen LogP contribution is -1.95. The van der Waals surface area contributed by atoms with Crippen LogP contribution in [0.2, 0.25) is 0 Å². The molecule has 0 fully saturated rings. The summed E-state index contributed by atoms with van der Waals surface area (Å²) in [5.41, 5.74) is 6.56. The Morgan fingerprint density at radius 2 is 1.81 bits per heavy atom. The summed E-state index contributed by atoms with van der Waals surface area (Å²) in [6.07, 6.45) is 3.81. The van der Waals surface area contributed by atoms with Crippen molar-refractivity contribution in [2.24, 2.45) is 0 Å². The van der Waals surface area contributed by atoms with Gasteiger partial charge in [0.25, 0.3) is 0 Å². The minimum absolute atomic E-state index is 0.261. The molecule has 0 radical (unpaired) electrons. The minimum Gasteiger partial charge on any atom is -0.478 e. The van der Waals surface area contributed by atoms with Gasteiger partial charge in [-0.15, -0.1) is 0 Å². The minimum atomic E-state index is -0.940. The summed E-state index contributed by atoms with van der Waals surface area (Å²) < 4.78 is 2.01.